The predicted octanol–water partition coefficient (Wildman–Crippen LogP) is 3.54. The zero-order valence-corrected chi connectivity index (χ0v) is 20.5. The molecule has 0 atom stereocenters. The highest BCUT2D eigenvalue weighted by Crippen LogP contribution is 2.07. The van der Waals surface area contributed by atoms with Crippen molar-refractivity contribution in [2.45, 2.75) is 26.5 Å². The Balaban J connectivity index is -0.000000368. The summed E-state index contributed by atoms with van der Waals surface area (Å²) in [5, 5.41) is 8.46. The highest BCUT2D eigenvalue weighted by atomic mass is 32.1. The molecule has 0 unspecified atom stereocenters. The number of rotatable bonds is 6. The van der Waals surface area contributed by atoms with Crippen LogP contribution in [0, 0.1) is 0 Å². The summed E-state index contributed by atoms with van der Waals surface area (Å²) in [5.74, 6) is 1.19. The van der Waals surface area contributed by atoms with Gasteiger partial charge in [0.1, 0.15) is 18.2 Å². The number of thiol groups is 4. The van der Waals surface area contributed by atoms with Crippen molar-refractivity contribution >= 4 is 84.5 Å². The van der Waals surface area contributed by atoms with Gasteiger partial charge in [-0.1, -0.05) is 24.4 Å². The molecule has 0 saturated carbocycles. The van der Waals surface area contributed by atoms with Gasteiger partial charge in [0, 0.05) is 21.5 Å². The Hall–Kier alpha value is -0.520. The molecule has 10 heteroatoms. The SMILES string of the molecule is CC(=O)CS.CC(=O)CS.CC(=S)S.O=C(OCCO)c1ccc(CS)cc1. The first kappa shape index (κ1) is 32.2. The van der Waals surface area contributed by atoms with Crippen LogP contribution in [0.4, 0.5) is 0 Å². The third-order valence-electron chi connectivity index (χ3n) is 2.14. The summed E-state index contributed by atoms with van der Waals surface area (Å²) in [6.07, 6.45) is 0. The Morgan fingerprint density at radius 3 is 1.57 bits per heavy atom. The molecule has 160 valence electrons. The largest absolute Gasteiger partial charge is 0.460 e. The van der Waals surface area contributed by atoms with Gasteiger partial charge in [-0.3, -0.25) is 9.59 Å². The van der Waals surface area contributed by atoms with Crippen LogP contribution in [0.3, 0.4) is 0 Å². The lowest BCUT2D eigenvalue weighted by Gasteiger charge is -2.02. The number of aliphatic hydroxyl groups is 1. The van der Waals surface area contributed by atoms with E-state index in [1.54, 1.807) is 19.1 Å². The number of thiocarbonyl (C=S) groups is 1. The van der Waals surface area contributed by atoms with E-state index in [-0.39, 0.29) is 24.8 Å². The van der Waals surface area contributed by atoms with Crippen molar-refractivity contribution in [3.63, 3.8) is 0 Å². The molecule has 1 N–H and O–H groups in total. The number of hydrogen-bond acceptors (Lipinski definition) is 9. The molecule has 0 heterocycles. The molecular formula is C18H28O5S5. The normalized spacial score (nSPS) is 8.57. The number of esters is 1. The van der Waals surface area contributed by atoms with Gasteiger partial charge in [0.15, 0.2) is 0 Å². The minimum absolute atomic E-state index is 0.0349. The molecule has 1 aromatic rings. The number of ether oxygens (including phenoxy) is 1. The van der Waals surface area contributed by atoms with E-state index in [1.807, 2.05) is 12.1 Å². The molecule has 0 spiro atoms. The fraction of sp³-hybridized carbons (Fsp3) is 0.444. The second-order valence-corrected chi connectivity index (χ2v) is 7.49. The zero-order chi connectivity index (χ0) is 22.5. The molecule has 0 aliphatic rings. The minimum Gasteiger partial charge on any atom is -0.460 e. The number of carbonyl (C=O) groups excluding carboxylic acids is 3. The van der Waals surface area contributed by atoms with Crippen LogP contribution in [0.1, 0.15) is 36.7 Å². The minimum atomic E-state index is -0.412. The summed E-state index contributed by atoms with van der Waals surface area (Å²) in [7, 11) is 0. The van der Waals surface area contributed by atoms with E-state index in [0.717, 1.165) is 5.56 Å². The maximum Gasteiger partial charge on any atom is 0.338 e. The van der Waals surface area contributed by atoms with Gasteiger partial charge < -0.3 is 9.84 Å². The Morgan fingerprint density at radius 1 is 0.964 bits per heavy atom. The fourth-order valence-corrected chi connectivity index (χ4v) is 1.18. The summed E-state index contributed by atoms with van der Waals surface area (Å²) in [4.78, 5) is 30.7. The molecule has 0 radical (unpaired) electrons. The molecule has 0 bridgehead atoms. The van der Waals surface area contributed by atoms with Crippen LogP contribution in [-0.2, 0) is 20.1 Å². The van der Waals surface area contributed by atoms with E-state index in [9.17, 15) is 14.4 Å². The first-order chi connectivity index (χ1) is 13.0. The van der Waals surface area contributed by atoms with Crippen LogP contribution >= 0.6 is 62.7 Å². The summed E-state index contributed by atoms with van der Waals surface area (Å²) >= 11 is 19.5. The van der Waals surface area contributed by atoms with Crippen LogP contribution in [0.25, 0.3) is 0 Å². The topological polar surface area (TPSA) is 80.7 Å². The molecule has 5 nitrogen and oxygen atoms in total. The number of ketones is 2. The van der Waals surface area contributed by atoms with Crippen molar-refractivity contribution in [1.29, 1.82) is 0 Å². The van der Waals surface area contributed by atoms with Gasteiger partial charge in [0.25, 0.3) is 0 Å². The number of hydrogen-bond donors (Lipinski definition) is 5. The van der Waals surface area contributed by atoms with Crippen molar-refractivity contribution < 1.29 is 24.2 Å². The van der Waals surface area contributed by atoms with Crippen molar-refractivity contribution in [2.24, 2.45) is 0 Å². The van der Waals surface area contributed by atoms with Crippen LogP contribution in [0.2, 0.25) is 0 Å². The third-order valence-corrected chi connectivity index (χ3v) is 3.40. The van der Waals surface area contributed by atoms with Crippen molar-refractivity contribution in [3.8, 4) is 0 Å². The van der Waals surface area contributed by atoms with E-state index >= 15 is 0 Å². The predicted molar refractivity (Wildman–Crippen MR) is 133 cm³/mol. The number of benzene rings is 1. The second-order valence-electron chi connectivity index (χ2n) is 4.95. The van der Waals surface area contributed by atoms with Crippen LogP contribution in [-0.4, -0.2) is 51.6 Å². The fourth-order valence-electron chi connectivity index (χ4n) is 0.968. The van der Waals surface area contributed by atoms with Gasteiger partial charge >= 0.3 is 5.97 Å². The molecule has 0 fully saturated rings. The summed E-state index contributed by atoms with van der Waals surface area (Å²) in [5.41, 5.74) is 1.54. The van der Waals surface area contributed by atoms with Crippen LogP contribution in [0.15, 0.2) is 24.3 Å². The molecule has 0 saturated heterocycles. The van der Waals surface area contributed by atoms with E-state index in [4.69, 9.17) is 9.84 Å². The van der Waals surface area contributed by atoms with Crippen LogP contribution in [0.5, 0.6) is 0 Å². The zero-order valence-electron chi connectivity index (χ0n) is 16.1. The number of Topliss-reactive ketones (excluding diaryl/α,β-unsaturated/α-hetero) is 2. The monoisotopic (exact) mass is 484 g/mol. The summed E-state index contributed by atoms with van der Waals surface area (Å²) in [6, 6.07) is 7.02. The van der Waals surface area contributed by atoms with Gasteiger partial charge in [0.05, 0.1) is 12.2 Å². The van der Waals surface area contributed by atoms with E-state index < -0.39 is 5.97 Å². The molecular weight excluding hydrogens is 457 g/mol. The maximum absolute atomic E-state index is 11.3. The second kappa shape index (κ2) is 22.8. The Morgan fingerprint density at radius 2 is 1.32 bits per heavy atom. The van der Waals surface area contributed by atoms with Gasteiger partial charge in [-0.25, -0.2) is 4.79 Å². The summed E-state index contributed by atoms with van der Waals surface area (Å²) < 4.78 is 5.44. The Bertz CT molecular complexity index is 558. The third kappa shape index (κ3) is 27.7. The average Bonchev–Trinajstić information content (AvgIpc) is 2.66. The lowest BCUT2D eigenvalue weighted by Crippen LogP contribution is -2.08. The van der Waals surface area contributed by atoms with E-state index in [2.05, 4.69) is 62.7 Å². The lowest BCUT2D eigenvalue weighted by atomic mass is 10.1. The van der Waals surface area contributed by atoms with Gasteiger partial charge in [0.2, 0.25) is 0 Å². The Labute approximate surface area is 194 Å². The van der Waals surface area contributed by atoms with Crippen molar-refractivity contribution in [3.05, 3.63) is 35.4 Å². The molecule has 1 aromatic carbocycles. The molecule has 28 heavy (non-hydrogen) atoms. The smallest absolute Gasteiger partial charge is 0.338 e. The van der Waals surface area contributed by atoms with Crippen molar-refractivity contribution in [1.82, 2.24) is 0 Å². The molecule has 0 aliphatic carbocycles. The molecule has 0 aromatic heterocycles. The number of aliphatic hydroxyl groups excluding tert-OH is 1. The van der Waals surface area contributed by atoms with Crippen molar-refractivity contribution in [2.75, 3.05) is 24.7 Å². The highest BCUT2D eigenvalue weighted by molar-refractivity contribution is 8.11. The quantitative estimate of drug-likeness (QED) is 0.241. The maximum atomic E-state index is 11.3. The van der Waals surface area contributed by atoms with E-state index in [1.165, 1.54) is 13.8 Å². The highest BCUT2D eigenvalue weighted by Gasteiger charge is 2.05. The van der Waals surface area contributed by atoms with Gasteiger partial charge in [-0.15, -0.1) is 12.6 Å². The van der Waals surface area contributed by atoms with E-state index in [0.29, 0.717) is 27.0 Å². The standard InChI is InChI=1S/C10H12O3S.2C3H6OS.C2H4S2/c11-5-6-13-10(12)9-3-1-8(7-14)2-4-9;2*1-3(4)2-5;1-2(3)4/h1-4,11,14H,5-7H2;2*5H,2H2,1H3;1H3,(H,3,4). The average molecular weight is 485 g/mol. The van der Waals surface area contributed by atoms with Gasteiger partial charge in [-0.05, 0) is 38.5 Å². The molecule has 0 aliphatic heterocycles. The Kier molecular flexibility index (Phi) is 26.1. The number of carbonyl (C=O) groups is 3. The summed E-state index contributed by atoms with van der Waals surface area (Å²) in [6.45, 7) is 4.66. The first-order valence-corrected chi connectivity index (χ1v) is 10.7. The molecule has 1 rings (SSSR count). The lowest BCUT2D eigenvalue weighted by molar-refractivity contribution is -0.115. The molecule has 0 amide bonds. The van der Waals surface area contributed by atoms with Gasteiger partial charge in [-0.2, -0.15) is 37.9 Å². The van der Waals surface area contributed by atoms with Crippen LogP contribution < -0.4 is 0 Å². The first-order valence-electron chi connectivity index (χ1n) is 7.93.